The number of benzene rings is 6. The van der Waals surface area contributed by atoms with Crippen molar-refractivity contribution in [3.63, 3.8) is 0 Å². The molecule has 0 spiro atoms. The second-order valence-corrected chi connectivity index (χ2v) is 15.1. The maximum Gasteiger partial charge on any atom is 0.326 e. The quantitative estimate of drug-likeness (QED) is 0.0392. The topological polar surface area (TPSA) is 98.8 Å². The first-order valence-electron chi connectivity index (χ1n) is 20.5. The zero-order valence-corrected chi connectivity index (χ0v) is 34.5. The molecule has 0 aliphatic heterocycles. The highest BCUT2D eigenvalue weighted by Crippen LogP contribution is 2.29. The van der Waals surface area contributed by atoms with Gasteiger partial charge in [0.05, 0.1) is 79.3 Å². The zero-order chi connectivity index (χ0) is 42.3. The molecule has 0 N–H and O–H groups in total. The highest BCUT2D eigenvalue weighted by atomic mass is 16.6. The Bertz CT molecular complexity index is 1740. The van der Waals surface area contributed by atoms with E-state index in [0.717, 1.165) is 33.4 Å². The van der Waals surface area contributed by atoms with Crippen molar-refractivity contribution >= 4 is 11.9 Å². The van der Waals surface area contributed by atoms with Crippen LogP contribution in [0.5, 0.6) is 0 Å². The van der Waals surface area contributed by atoms with Gasteiger partial charge < -0.3 is 33.2 Å². The van der Waals surface area contributed by atoms with Crippen LogP contribution in [0.4, 0.5) is 0 Å². The number of esters is 2. The smallest absolute Gasteiger partial charge is 0.326 e. The molecule has 0 atom stereocenters. The predicted molar refractivity (Wildman–Crippen MR) is 233 cm³/mol. The molecule has 0 bridgehead atoms. The van der Waals surface area contributed by atoms with Crippen molar-refractivity contribution in [3.05, 3.63) is 215 Å². The first-order chi connectivity index (χ1) is 30.0. The molecule has 0 amide bonds. The maximum atomic E-state index is 14.9. The molecule has 316 valence electrons. The Labute approximate surface area is 359 Å². The minimum atomic E-state index is -1.57. The molecule has 0 aliphatic carbocycles. The number of hydrogen-bond donors (Lipinski definition) is 0. The van der Waals surface area contributed by atoms with E-state index in [2.05, 4.69) is 0 Å². The summed E-state index contributed by atoms with van der Waals surface area (Å²) < 4.78 is 43.7. The fourth-order valence-electron chi connectivity index (χ4n) is 6.54. The Hall–Kier alpha value is -5.78. The summed E-state index contributed by atoms with van der Waals surface area (Å²) >= 11 is 0. The number of carbonyl (C=O) groups excluding carboxylic acids is 2. The summed E-state index contributed by atoms with van der Waals surface area (Å²) in [6, 6.07) is 57.9. The van der Waals surface area contributed by atoms with Gasteiger partial charge in [-0.25, -0.2) is 0 Å². The van der Waals surface area contributed by atoms with Crippen LogP contribution in [0.2, 0.25) is 0 Å². The molecule has 0 saturated heterocycles. The summed E-state index contributed by atoms with van der Waals surface area (Å²) in [6.07, 6.45) is 0. The monoisotopic (exact) mass is 822 g/mol. The summed E-state index contributed by atoms with van der Waals surface area (Å²) in [7, 11) is 0. The van der Waals surface area contributed by atoms with Crippen molar-refractivity contribution in [2.45, 2.75) is 39.6 Å². The van der Waals surface area contributed by atoms with Crippen LogP contribution in [-0.2, 0) is 82.4 Å². The Balaban J connectivity index is 1.29. The van der Waals surface area contributed by atoms with E-state index in [-0.39, 0.29) is 79.3 Å². The molecule has 0 aromatic heterocycles. The summed E-state index contributed by atoms with van der Waals surface area (Å²) in [4.78, 5) is 29.9. The van der Waals surface area contributed by atoms with Crippen LogP contribution in [0.15, 0.2) is 182 Å². The van der Waals surface area contributed by atoms with Crippen molar-refractivity contribution in [2.24, 2.45) is 10.8 Å². The molecule has 0 unspecified atom stereocenters. The number of ether oxygens (including phenoxy) is 7. The Kier molecular flexibility index (Phi) is 18.0. The van der Waals surface area contributed by atoms with E-state index in [1.165, 1.54) is 0 Å². The lowest BCUT2D eigenvalue weighted by atomic mass is 9.89. The molecule has 0 aliphatic rings. The minimum absolute atomic E-state index is 0.163. The molecule has 9 nitrogen and oxygen atoms in total. The standard InChI is InChI=1S/C52H54O9/c53-49(51(37-55-31-43-19-7-1-8-20-43,38-56-32-44-21-9-2-10-22-44)39-57-33-45-23-11-3-12-24-45)61-50(54)52(40-58-34-46-25-13-4-14-26-46,41-59-35-47-27-15-5-16-28-47)42-60-36-48-29-17-6-18-30-48/h1-30H,31-42H2. The molecular weight excluding hydrogens is 769 g/mol. The largest absolute Gasteiger partial charge is 0.392 e. The minimum Gasteiger partial charge on any atom is -0.392 e. The molecule has 6 rings (SSSR count). The highest BCUT2D eigenvalue weighted by molar-refractivity contribution is 5.92. The highest BCUT2D eigenvalue weighted by Gasteiger charge is 2.48. The van der Waals surface area contributed by atoms with Crippen molar-refractivity contribution in [3.8, 4) is 0 Å². The lowest BCUT2D eigenvalue weighted by Crippen LogP contribution is -2.51. The Morgan fingerprint density at radius 1 is 0.279 bits per heavy atom. The van der Waals surface area contributed by atoms with Crippen LogP contribution in [0.1, 0.15) is 33.4 Å². The average Bonchev–Trinajstić information content (AvgIpc) is 3.30. The molecule has 0 radical (unpaired) electrons. The molecular formula is C52H54O9. The van der Waals surface area contributed by atoms with Crippen LogP contribution in [0.3, 0.4) is 0 Å². The van der Waals surface area contributed by atoms with Crippen LogP contribution in [-0.4, -0.2) is 51.6 Å². The Morgan fingerprint density at radius 2 is 0.443 bits per heavy atom. The van der Waals surface area contributed by atoms with Crippen LogP contribution in [0.25, 0.3) is 0 Å². The van der Waals surface area contributed by atoms with Crippen molar-refractivity contribution in [1.82, 2.24) is 0 Å². The second-order valence-electron chi connectivity index (χ2n) is 15.1. The fraction of sp³-hybridized carbons (Fsp3) is 0.269. The first-order valence-corrected chi connectivity index (χ1v) is 20.5. The molecule has 0 fully saturated rings. The van der Waals surface area contributed by atoms with E-state index in [4.69, 9.17) is 33.2 Å². The fourth-order valence-corrected chi connectivity index (χ4v) is 6.54. The summed E-state index contributed by atoms with van der Waals surface area (Å²) in [6.45, 7) is 0.269. The third kappa shape index (κ3) is 14.7. The number of carbonyl (C=O) groups is 2. The van der Waals surface area contributed by atoms with Crippen molar-refractivity contribution in [2.75, 3.05) is 39.6 Å². The summed E-state index contributed by atoms with van der Waals surface area (Å²) in [5.74, 6) is -1.71. The van der Waals surface area contributed by atoms with E-state index in [1.807, 2.05) is 182 Å². The number of rotatable bonds is 26. The number of hydrogen-bond acceptors (Lipinski definition) is 9. The molecule has 0 heterocycles. The van der Waals surface area contributed by atoms with Gasteiger partial charge in [0.15, 0.2) is 0 Å². The van der Waals surface area contributed by atoms with Crippen LogP contribution in [0, 0.1) is 10.8 Å². The lowest BCUT2D eigenvalue weighted by molar-refractivity contribution is -0.192. The second kappa shape index (κ2) is 24.5. The van der Waals surface area contributed by atoms with E-state index < -0.39 is 22.8 Å². The van der Waals surface area contributed by atoms with Gasteiger partial charge in [-0.15, -0.1) is 0 Å². The molecule has 6 aromatic carbocycles. The van der Waals surface area contributed by atoms with Gasteiger partial charge in [-0.1, -0.05) is 182 Å². The van der Waals surface area contributed by atoms with Gasteiger partial charge in [-0.3, -0.25) is 9.59 Å². The summed E-state index contributed by atoms with van der Waals surface area (Å²) in [5, 5.41) is 0. The van der Waals surface area contributed by atoms with E-state index in [0.29, 0.717) is 0 Å². The summed E-state index contributed by atoms with van der Waals surface area (Å²) in [5.41, 5.74) is 2.35. The van der Waals surface area contributed by atoms with Gasteiger partial charge in [0.2, 0.25) is 0 Å². The van der Waals surface area contributed by atoms with Gasteiger partial charge >= 0.3 is 11.9 Å². The molecule has 9 heteroatoms. The van der Waals surface area contributed by atoms with Gasteiger partial charge in [0.25, 0.3) is 0 Å². The van der Waals surface area contributed by atoms with E-state index in [9.17, 15) is 9.59 Å². The zero-order valence-electron chi connectivity index (χ0n) is 34.5. The van der Waals surface area contributed by atoms with Crippen LogP contribution < -0.4 is 0 Å². The van der Waals surface area contributed by atoms with Crippen LogP contribution >= 0.6 is 0 Å². The van der Waals surface area contributed by atoms with Gasteiger partial charge in [-0.2, -0.15) is 0 Å². The third-order valence-electron chi connectivity index (χ3n) is 9.99. The predicted octanol–water partition coefficient (Wildman–Crippen LogP) is 9.33. The van der Waals surface area contributed by atoms with E-state index >= 15 is 0 Å². The van der Waals surface area contributed by atoms with Gasteiger partial charge in [-0.05, 0) is 33.4 Å². The van der Waals surface area contributed by atoms with Gasteiger partial charge in [0.1, 0.15) is 10.8 Å². The van der Waals surface area contributed by atoms with Crippen molar-refractivity contribution in [1.29, 1.82) is 0 Å². The van der Waals surface area contributed by atoms with E-state index in [1.54, 1.807) is 0 Å². The van der Waals surface area contributed by atoms with Crippen molar-refractivity contribution < 1.29 is 42.7 Å². The SMILES string of the molecule is O=C(OC(=O)C(COCc1ccccc1)(COCc1ccccc1)COCc1ccccc1)C(COCc1ccccc1)(COCc1ccccc1)COCc1ccccc1. The first kappa shape index (κ1) is 44.8. The maximum absolute atomic E-state index is 14.9. The molecule has 61 heavy (non-hydrogen) atoms. The third-order valence-corrected chi connectivity index (χ3v) is 9.99. The average molecular weight is 823 g/mol. The molecule has 6 aromatic rings. The normalized spacial score (nSPS) is 11.6. The Morgan fingerprint density at radius 3 is 0.607 bits per heavy atom. The van der Waals surface area contributed by atoms with Gasteiger partial charge in [0, 0.05) is 0 Å². The lowest BCUT2D eigenvalue weighted by Gasteiger charge is -2.34. The molecule has 0 saturated carbocycles.